The second-order valence-electron chi connectivity index (χ2n) is 5.44. The van der Waals surface area contributed by atoms with Crippen molar-refractivity contribution in [2.45, 2.75) is 45.2 Å². The van der Waals surface area contributed by atoms with E-state index in [2.05, 4.69) is 17.1 Å². The van der Waals surface area contributed by atoms with Gasteiger partial charge in [0.15, 0.2) is 0 Å². The fraction of sp³-hybridized carbons (Fsp3) is 0.917. The maximum atomic E-state index is 12.1. The maximum absolute atomic E-state index is 12.1. The largest absolute Gasteiger partial charge is 0.354 e. The summed E-state index contributed by atoms with van der Waals surface area (Å²) in [6.07, 6.45) is 2.94. The van der Waals surface area contributed by atoms with Crippen LogP contribution < -0.4 is 11.1 Å². The monoisotopic (exact) mass is 227 g/mol. The molecule has 3 unspecified atom stereocenters. The van der Waals surface area contributed by atoms with E-state index < -0.39 is 0 Å². The molecule has 0 saturated heterocycles. The van der Waals surface area contributed by atoms with E-state index in [9.17, 15) is 4.79 Å². The first-order valence-electron chi connectivity index (χ1n) is 6.08. The van der Waals surface area contributed by atoms with E-state index in [0.29, 0.717) is 12.6 Å². The van der Waals surface area contributed by atoms with E-state index in [4.69, 9.17) is 5.73 Å². The van der Waals surface area contributed by atoms with Crippen LogP contribution in [-0.4, -0.2) is 43.5 Å². The molecule has 0 aromatic heterocycles. The molecule has 16 heavy (non-hydrogen) atoms. The number of hydrogen-bond acceptors (Lipinski definition) is 3. The van der Waals surface area contributed by atoms with E-state index in [1.165, 1.54) is 0 Å². The van der Waals surface area contributed by atoms with Crippen molar-refractivity contribution in [3.05, 3.63) is 0 Å². The van der Waals surface area contributed by atoms with E-state index in [1.807, 2.05) is 21.0 Å². The van der Waals surface area contributed by atoms with Crippen molar-refractivity contribution in [1.29, 1.82) is 0 Å². The second-order valence-corrected chi connectivity index (χ2v) is 5.44. The number of nitrogens with zero attached hydrogens (tertiary/aromatic N) is 1. The lowest BCUT2D eigenvalue weighted by Crippen LogP contribution is -2.49. The number of hydrogen-bond donors (Lipinski definition) is 2. The van der Waals surface area contributed by atoms with Gasteiger partial charge in [0, 0.05) is 18.6 Å². The Bertz CT molecular complexity index is 255. The molecule has 0 aromatic rings. The van der Waals surface area contributed by atoms with Crippen LogP contribution in [-0.2, 0) is 4.79 Å². The van der Waals surface area contributed by atoms with Gasteiger partial charge in [-0.15, -0.1) is 0 Å². The molecule has 0 spiro atoms. The van der Waals surface area contributed by atoms with Crippen LogP contribution in [0, 0.1) is 5.41 Å². The average Bonchev–Trinajstić information content (AvgIpc) is 2.56. The minimum absolute atomic E-state index is 0.0159. The highest BCUT2D eigenvalue weighted by Gasteiger charge is 2.42. The Morgan fingerprint density at radius 1 is 1.62 bits per heavy atom. The predicted octanol–water partition coefficient (Wildman–Crippen LogP) is 0.570. The predicted molar refractivity (Wildman–Crippen MR) is 66.1 cm³/mol. The third-order valence-corrected chi connectivity index (χ3v) is 3.99. The minimum Gasteiger partial charge on any atom is -0.354 e. The van der Waals surface area contributed by atoms with Crippen molar-refractivity contribution in [2.75, 3.05) is 20.6 Å². The minimum atomic E-state index is -0.355. The molecule has 0 heterocycles. The zero-order valence-corrected chi connectivity index (χ0v) is 10.9. The van der Waals surface area contributed by atoms with E-state index in [-0.39, 0.29) is 17.4 Å². The van der Waals surface area contributed by atoms with Crippen molar-refractivity contribution in [3.8, 4) is 0 Å². The topological polar surface area (TPSA) is 58.4 Å². The number of nitrogens with one attached hydrogen (secondary N) is 1. The van der Waals surface area contributed by atoms with Gasteiger partial charge in [-0.2, -0.15) is 0 Å². The van der Waals surface area contributed by atoms with Crippen LogP contribution in [0.5, 0.6) is 0 Å². The second kappa shape index (κ2) is 5.15. The molecule has 94 valence electrons. The Kier molecular flexibility index (Phi) is 4.33. The summed E-state index contributed by atoms with van der Waals surface area (Å²) in [6, 6.07) is 0.368. The number of rotatable bonds is 4. The average molecular weight is 227 g/mol. The molecule has 1 saturated carbocycles. The molecule has 0 aliphatic heterocycles. The van der Waals surface area contributed by atoms with Crippen LogP contribution in [0.4, 0.5) is 0 Å². The Labute approximate surface area is 98.6 Å². The van der Waals surface area contributed by atoms with Crippen LogP contribution in [0.15, 0.2) is 0 Å². The van der Waals surface area contributed by atoms with E-state index in [0.717, 1.165) is 19.3 Å². The maximum Gasteiger partial charge on any atom is 0.227 e. The van der Waals surface area contributed by atoms with Crippen molar-refractivity contribution in [1.82, 2.24) is 10.2 Å². The fourth-order valence-corrected chi connectivity index (χ4v) is 2.10. The third-order valence-electron chi connectivity index (χ3n) is 3.99. The molecule has 1 rings (SSSR count). The van der Waals surface area contributed by atoms with Gasteiger partial charge >= 0.3 is 0 Å². The lowest BCUT2D eigenvalue weighted by Gasteiger charge is -2.29. The Morgan fingerprint density at radius 2 is 2.25 bits per heavy atom. The Morgan fingerprint density at radius 3 is 2.69 bits per heavy atom. The molecule has 0 aromatic carbocycles. The van der Waals surface area contributed by atoms with Gasteiger partial charge in [-0.1, -0.05) is 6.42 Å². The first kappa shape index (κ1) is 13.5. The summed E-state index contributed by atoms with van der Waals surface area (Å²) in [6.45, 7) is 4.77. The normalized spacial score (nSPS) is 31.8. The summed E-state index contributed by atoms with van der Waals surface area (Å²) in [5.41, 5.74) is 5.65. The molecule has 0 bridgehead atoms. The van der Waals surface area contributed by atoms with Gasteiger partial charge in [0.05, 0.1) is 5.41 Å². The SMILES string of the molecule is CC(CNC(=O)C1(C)CCCC1N)N(C)C. The van der Waals surface area contributed by atoms with Crippen LogP contribution in [0.1, 0.15) is 33.1 Å². The summed E-state index contributed by atoms with van der Waals surface area (Å²) in [5.74, 6) is 0.117. The van der Waals surface area contributed by atoms with Crippen LogP contribution in [0.3, 0.4) is 0 Å². The van der Waals surface area contributed by atoms with Crippen molar-refractivity contribution in [2.24, 2.45) is 11.1 Å². The first-order chi connectivity index (χ1) is 7.38. The standard InChI is InChI=1S/C12H25N3O/c1-9(15(3)4)8-14-11(16)12(2)7-5-6-10(12)13/h9-10H,5-8,13H2,1-4H3,(H,14,16). The van der Waals surface area contributed by atoms with Gasteiger partial charge in [0.2, 0.25) is 5.91 Å². The number of nitrogens with two attached hydrogens (primary N) is 1. The zero-order chi connectivity index (χ0) is 12.3. The molecule has 3 atom stereocenters. The number of carbonyl (C=O) groups excluding carboxylic acids is 1. The summed E-state index contributed by atoms with van der Waals surface area (Å²) in [5, 5.41) is 3.02. The van der Waals surface area contributed by atoms with Crippen molar-refractivity contribution >= 4 is 5.91 Å². The Balaban J connectivity index is 2.46. The highest BCUT2D eigenvalue weighted by atomic mass is 16.2. The number of amides is 1. The fourth-order valence-electron chi connectivity index (χ4n) is 2.10. The van der Waals surface area contributed by atoms with Gasteiger partial charge in [0.25, 0.3) is 0 Å². The summed E-state index contributed by atoms with van der Waals surface area (Å²) in [7, 11) is 4.03. The third kappa shape index (κ3) is 2.74. The zero-order valence-electron chi connectivity index (χ0n) is 10.9. The van der Waals surface area contributed by atoms with Crippen molar-refractivity contribution in [3.63, 3.8) is 0 Å². The van der Waals surface area contributed by atoms with E-state index in [1.54, 1.807) is 0 Å². The highest BCUT2D eigenvalue weighted by molar-refractivity contribution is 5.83. The summed E-state index contributed by atoms with van der Waals surface area (Å²) < 4.78 is 0. The van der Waals surface area contributed by atoms with Gasteiger partial charge in [0.1, 0.15) is 0 Å². The Hall–Kier alpha value is -0.610. The van der Waals surface area contributed by atoms with Gasteiger partial charge < -0.3 is 16.0 Å². The first-order valence-corrected chi connectivity index (χ1v) is 6.08. The quantitative estimate of drug-likeness (QED) is 0.738. The summed E-state index contributed by atoms with van der Waals surface area (Å²) >= 11 is 0. The smallest absolute Gasteiger partial charge is 0.227 e. The van der Waals surface area contributed by atoms with Crippen LogP contribution in [0.2, 0.25) is 0 Å². The number of carbonyl (C=O) groups is 1. The lowest BCUT2D eigenvalue weighted by molar-refractivity contribution is -0.130. The molecular weight excluding hydrogens is 202 g/mol. The molecular formula is C12H25N3O. The molecule has 1 fully saturated rings. The van der Waals surface area contributed by atoms with Crippen LogP contribution >= 0.6 is 0 Å². The van der Waals surface area contributed by atoms with Gasteiger partial charge in [-0.3, -0.25) is 4.79 Å². The van der Waals surface area contributed by atoms with E-state index >= 15 is 0 Å². The summed E-state index contributed by atoms with van der Waals surface area (Å²) in [4.78, 5) is 14.2. The molecule has 3 N–H and O–H groups in total. The molecule has 1 aliphatic rings. The molecule has 4 heteroatoms. The molecule has 4 nitrogen and oxygen atoms in total. The lowest BCUT2D eigenvalue weighted by atomic mass is 9.84. The molecule has 0 radical (unpaired) electrons. The van der Waals surface area contributed by atoms with Gasteiger partial charge in [-0.05, 0) is 40.8 Å². The highest BCUT2D eigenvalue weighted by Crippen LogP contribution is 2.36. The number of likely N-dealkylation sites (N-methyl/N-ethyl adjacent to an activating group) is 1. The molecule has 1 amide bonds. The van der Waals surface area contributed by atoms with Gasteiger partial charge in [-0.25, -0.2) is 0 Å². The van der Waals surface area contributed by atoms with Crippen molar-refractivity contribution < 1.29 is 4.79 Å². The van der Waals surface area contributed by atoms with Crippen LogP contribution in [0.25, 0.3) is 0 Å². The molecule has 1 aliphatic carbocycles.